The Morgan fingerprint density at radius 3 is 2.96 bits per heavy atom. The van der Waals surface area contributed by atoms with Crippen molar-refractivity contribution in [1.82, 2.24) is 9.88 Å². The lowest BCUT2D eigenvalue weighted by Gasteiger charge is -2.33. The van der Waals surface area contributed by atoms with E-state index in [0.717, 1.165) is 29.3 Å². The van der Waals surface area contributed by atoms with Crippen molar-refractivity contribution >= 4 is 22.8 Å². The van der Waals surface area contributed by atoms with Crippen LogP contribution in [-0.4, -0.2) is 39.5 Å². The fourth-order valence-electron chi connectivity index (χ4n) is 3.44. The van der Waals surface area contributed by atoms with Gasteiger partial charge < -0.3 is 15.0 Å². The molecule has 5 heteroatoms. The van der Waals surface area contributed by atoms with Crippen LogP contribution in [0.1, 0.15) is 36.8 Å². The summed E-state index contributed by atoms with van der Waals surface area (Å²) in [5.41, 5.74) is 3.40. The van der Waals surface area contributed by atoms with Crippen molar-refractivity contribution in [1.29, 1.82) is 0 Å². The topological polar surface area (TPSA) is 73.4 Å². The monoisotopic (exact) mass is 314 g/mol. The molecular weight excluding hydrogens is 292 g/mol. The number of nitrogens with zero attached hydrogens (tertiary/aromatic N) is 1. The van der Waals surface area contributed by atoms with Gasteiger partial charge in [-0.25, -0.2) is 4.79 Å². The molecule has 5 nitrogen and oxygen atoms in total. The predicted octanol–water partition coefficient (Wildman–Crippen LogP) is 2.87. The van der Waals surface area contributed by atoms with Crippen LogP contribution in [0.2, 0.25) is 0 Å². The van der Waals surface area contributed by atoms with Crippen molar-refractivity contribution in [3.8, 4) is 0 Å². The van der Waals surface area contributed by atoms with Crippen molar-refractivity contribution in [2.75, 3.05) is 6.54 Å². The summed E-state index contributed by atoms with van der Waals surface area (Å²) in [6.07, 6.45) is 5.27. The zero-order valence-corrected chi connectivity index (χ0v) is 13.3. The molecule has 1 atom stereocenters. The molecule has 0 unspecified atom stereocenters. The number of likely N-dealkylation sites (tertiary alicyclic amines) is 1. The number of aromatic nitrogens is 1. The zero-order valence-electron chi connectivity index (χ0n) is 13.3. The number of carboxylic acid groups (broad SMARTS) is 1. The molecule has 1 aromatic carbocycles. The van der Waals surface area contributed by atoms with Gasteiger partial charge in [0, 0.05) is 30.1 Å². The molecule has 1 saturated heterocycles. The third kappa shape index (κ3) is 3.09. The summed E-state index contributed by atoms with van der Waals surface area (Å²) in [6, 6.07) is 5.47. The number of aliphatic carboxylic acids is 1. The van der Waals surface area contributed by atoms with Crippen molar-refractivity contribution in [2.24, 2.45) is 0 Å². The number of fused-ring (bicyclic) bond motifs is 1. The molecule has 23 heavy (non-hydrogen) atoms. The minimum atomic E-state index is -0.888. The average Bonchev–Trinajstić information content (AvgIpc) is 2.97. The average molecular weight is 314 g/mol. The SMILES string of the molecule is Cc1cccc2c(CCC(=O)N3CCCC[C@@H]3C(=O)O)c[nH]c12. The maximum Gasteiger partial charge on any atom is 0.326 e. The van der Waals surface area contributed by atoms with Crippen LogP contribution in [0.5, 0.6) is 0 Å². The van der Waals surface area contributed by atoms with E-state index >= 15 is 0 Å². The van der Waals surface area contributed by atoms with Gasteiger partial charge in [-0.15, -0.1) is 0 Å². The summed E-state index contributed by atoms with van der Waals surface area (Å²) in [6.45, 7) is 2.61. The molecule has 122 valence electrons. The van der Waals surface area contributed by atoms with E-state index in [1.807, 2.05) is 12.3 Å². The molecule has 2 N–H and O–H groups in total. The first kappa shape index (κ1) is 15.6. The van der Waals surface area contributed by atoms with E-state index in [-0.39, 0.29) is 5.91 Å². The quantitative estimate of drug-likeness (QED) is 0.911. The van der Waals surface area contributed by atoms with Crippen LogP contribution in [0, 0.1) is 6.92 Å². The molecule has 0 radical (unpaired) electrons. The van der Waals surface area contributed by atoms with Crippen LogP contribution in [0.4, 0.5) is 0 Å². The second kappa shape index (κ2) is 6.44. The van der Waals surface area contributed by atoms with E-state index in [1.54, 1.807) is 4.90 Å². The molecular formula is C18H22N2O3. The van der Waals surface area contributed by atoms with Crippen molar-refractivity contribution < 1.29 is 14.7 Å². The largest absolute Gasteiger partial charge is 0.480 e. The smallest absolute Gasteiger partial charge is 0.326 e. The molecule has 0 saturated carbocycles. The summed E-state index contributed by atoms with van der Waals surface area (Å²) in [5.74, 6) is -0.945. The predicted molar refractivity (Wildman–Crippen MR) is 88.3 cm³/mol. The first-order chi connectivity index (χ1) is 11.1. The lowest BCUT2D eigenvalue weighted by molar-refractivity contribution is -0.152. The molecule has 0 bridgehead atoms. The maximum absolute atomic E-state index is 12.5. The normalized spacial score (nSPS) is 18.3. The van der Waals surface area contributed by atoms with Gasteiger partial charge in [0.15, 0.2) is 0 Å². The number of hydrogen-bond donors (Lipinski definition) is 2. The summed E-state index contributed by atoms with van der Waals surface area (Å²) in [5, 5.41) is 10.4. The maximum atomic E-state index is 12.5. The van der Waals surface area contributed by atoms with E-state index in [2.05, 4.69) is 24.0 Å². The Bertz CT molecular complexity index is 735. The van der Waals surface area contributed by atoms with E-state index in [9.17, 15) is 14.7 Å². The van der Waals surface area contributed by atoms with Crippen LogP contribution in [0.25, 0.3) is 10.9 Å². The molecule has 0 aliphatic carbocycles. The third-order valence-corrected chi connectivity index (χ3v) is 4.73. The number of rotatable bonds is 4. The summed E-state index contributed by atoms with van der Waals surface area (Å²) in [7, 11) is 0. The number of aryl methyl sites for hydroxylation is 2. The van der Waals surface area contributed by atoms with Crippen molar-refractivity contribution in [3.05, 3.63) is 35.5 Å². The van der Waals surface area contributed by atoms with Gasteiger partial charge in [-0.3, -0.25) is 4.79 Å². The number of amides is 1. The lowest BCUT2D eigenvalue weighted by atomic mass is 10.0. The van der Waals surface area contributed by atoms with Crippen LogP contribution in [0.3, 0.4) is 0 Å². The second-order valence-corrected chi connectivity index (χ2v) is 6.25. The van der Waals surface area contributed by atoms with Crippen LogP contribution in [0.15, 0.2) is 24.4 Å². The summed E-state index contributed by atoms with van der Waals surface area (Å²) >= 11 is 0. The van der Waals surface area contributed by atoms with E-state index < -0.39 is 12.0 Å². The second-order valence-electron chi connectivity index (χ2n) is 6.25. The Morgan fingerprint density at radius 2 is 2.17 bits per heavy atom. The van der Waals surface area contributed by atoms with E-state index in [1.165, 1.54) is 5.56 Å². The fourth-order valence-corrected chi connectivity index (χ4v) is 3.44. The number of benzene rings is 1. The van der Waals surface area contributed by atoms with Crippen molar-refractivity contribution in [3.63, 3.8) is 0 Å². The molecule has 3 rings (SSSR count). The number of carbonyl (C=O) groups excluding carboxylic acids is 1. The van der Waals surface area contributed by atoms with Gasteiger partial charge in [0.2, 0.25) is 5.91 Å². The van der Waals surface area contributed by atoms with Gasteiger partial charge in [-0.1, -0.05) is 18.2 Å². The molecule has 1 amide bonds. The molecule has 2 aromatic rings. The number of para-hydroxylation sites is 1. The highest BCUT2D eigenvalue weighted by molar-refractivity contribution is 5.87. The van der Waals surface area contributed by atoms with E-state index in [4.69, 9.17) is 0 Å². The van der Waals surface area contributed by atoms with Gasteiger partial charge in [0.05, 0.1) is 0 Å². The molecule has 2 heterocycles. The highest BCUT2D eigenvalue weighted by Gasteiger charge is 2.31. The Labute approximate surface area is 135 Å². The minimum Gasteiger partial charge on any atom is -0.480 e. The zero-order chi connectivity index (χ0) is 16.4. The first-order valence-corrected chi connectivity index (χ1v) is 8.16. The number of nitrogens with one attached hydrogen (secondary N) is 1. The standard InChI is InChI=1S/C18H22N2O3/c1-12-5-4-6-14-13(11-19-17(12)14)8-9-16(21)20-10-3-2-7-15(20)18(22)23/h4-6,11,15,19H,2-3,7-10H2,1H3,(H,22,23)/t15-/m1/s1. The summed E-state index contributed by atoms with van der Waals surface area (Å²) < 4.78 is 0. The number of hydrogen-bond acceptors (Lipinski definition) is 2. The van der Waals surface area contributed by atoms with Gasteiger partial charge in [0.1, 0.15) is 6.04 Å². The van der Waals surface area contributed by atoms with E-state index in [0.29, 0.717) is 25.8 Å². The minimum absolute atomic E-state index is 0.0564. The van der Waals surface area contributed by atoms with Gasteiger partial charge >= 0.3 is 5.97 Å². The number of carboxylic acids is 1. The summed E-state index contributed by atoms with van der Waals surface area (Å²) in [4.78, 5) is 28.6. The molecule has 1 aliphatic rings. The van der Waals surface area contributed by atoms with Crippen LogP contribution < -0.4 is 0 Å². The lowest BCUT2D eigenvalue weighted by Crippen LogP contribution is -2.48. The van der Waals surface area contributed by atoms with Crippen LogP contribution in [-0.2, 0) is 16.0 Å². The van der Waals surface area contributed by atoms with Crippen LogP contribution >= 0.6 is 0 Å². The number of piperidine rings is 1. The Balaban J connectivity index is 1.70. The fraction of sp³-hybridized carbons (Fsp3) is 0.444. The number of aromatic amines is 1. The number of H-pyrrole nitrogens is 1. The first-order valence-electron chi connectivity index (χ1n) is 8.16. The van der Waals surface area contributed by atoms with Gasteiger partial charge in [-0.2, -0.15) is 0 Å². The molecule has 1 fully saturated rings. The number of carbonyl (C=O) groups is 2. The molecule has 0 spiro atoms. The highest BCUT2D eigenvalue weighted by atomic mass is 16.4. The van der Waals surface area contributed by atoms with Crippen molar-refractivity contribution in [2.45, 2.75) is 45.1 Å². The van der Waals surface area contributed by atoms with Gasteiger partial charge in [-0.05, 0) is 43.7 Å². The molecule has 1 aromatic heterocycles. The van der Waals surface area contributed by atoms with Gasteiger partial charge in [0.25, 0.3) is 0 Å². The Kier molecular flexibility index (Phi) is 4.37. The molecule has 1 aliphatic heterocycles. The Morgan fingerprint density at radius 1 is 1.35 bits per heavy atom. The highest BCUT2D eigenvalue weighted by Crippen LogP contribution is 2.23. The Hall–Kier alpha value is -2.30. The third-order valence-electron chi connectivity index (χ3n) is 4.73.